The fourth-order valence-corrected chi connectivity index (χ4v) is 3.50. The highest BCUT2D eigenvalue weighted by Crippen LogP contribution is 2.35. The van der Waals surface area contributed by atoms with Gasteiger partial charge >= 0.3 is 0 Å². The Morgan fingerprint density at radius 2 is 0.955 bits per heavy atom. The molecule has 0 radical (unpaired) electrons. The summed E-state index contributed by atoms with van der Waals surface area (Å²) in [6, 6.07) is 16.5. The third-order valence-corrected chi connectivity index (χ3v) is 5.71. The maximum Gasteiger partial charge on any atom is 0.152 e. The first-order valence-corrected chi connectivity index (χ1v) is 9.38. The average Bonchev–Trinajstić information content (AvgIpc) is 2.47. The summed E-state index contributed by atoms with van der Waals surface area (Å²) < 4.78 is 2.36. The molecule has 0 aliphatic carbocycles. The number of halogens is 2. The summed E-state index contributed by atoms with van der Waals surface area (Å²) >= 11 is 4.57. The fraction of sp³-hybridized carbons (Fsp3) is 0.316. The second kappa shape index (κ2) is 6.59. The minimum atomic E-state index is -0.517. The molecule has 0 bridgehead atoms. The Hall–Kier alpha value is -0.430. The minimum absolute atomic E-state index is 0.238. The molecule has 2 aromatic carbocycles. The van der Waals surface area contributed by atoms with Gasteiger partial charge in [-0.15, -0.1) is 0 Å². The van der Waals surface area contributed by atoms with E-state index < -0.39 is 10.8 Å². The van der Waals surface area contributed by atoms with E-state index in [1.807, 2.05) is 27.7 Å². The normalized spacial score (nSPS) is 12.3. The molecule has 0 atom stereocenters. The van der Waals surface area contributed by atoms with Crippen LogP contribution >= 0.6 is 45.2 Å². The van der Waals surface area contributed by atoms with Crippen LogP contribution in [-0.4, -0.2) is 5.78 Å². The molecule has 116 valence electrons. The van der Waals surface area contributed by atoms with Crippen LogP contribution in [0.5, 0.6) is 0 Å². The lowest BCUT2D eigenvalue weighted by atomic mass is 9.67. The van der Waals surface area contributed by atoms with Crippen molar-refractivity contribution < 1.29 is 4.79 Å². The van der Waals surface area contributed by atoms with Gasteiger partial charge in [-0.1, -0.05) is 24.3 Å². The van der Waals surface area contributed by atoms with Crippen LogP contribution in [0.1, 0.15) is 38.8 Å². The van der Waals surface area contributed by atoms with Crippen LogP contribution in [0.15, 0.2) is 48.5 Å². The predicted molar refractivity (Wildman–Crippen MR) is 109 cm³/mol. The van der Waals surface area contributed by atoms with Crippen LogP contribution < -0.4 is 0 Å². The van der Waals surface area contributed by atoms with Crippen LogP contribution in [-0.2, 0) is 15.6 Å². The molecule has 1 nitrogen and oxygen atoms in total. The molecule has 0 aliphatic rings. The predicted octanol–water partition coefficient (Wildman–Crippen LogP) is 5.72. The standard InChI is InChI=1S/C19H20I2O/c1-18(2,13-5-9-15(20)10-6-13)17(22)19(3,4)14-7-11-16(21)12-8-14/h5-12H,1-4H3. The smallest absolute Gasteiger partial charge is 0.152 e. The van der Waals surface area contributed by atoms with E-state index in [1.54, 1.807) is 0 Å². The number of Topliss-reactive ketones (excluding diaryl/α,β-unsaturated/α-hetero) is 1. The monoisotopic (exact) mass is 518 g/mol. The molecule has 0 fully saturated rings. The quantitative estimate of drug-likeness (QED) is 0.474. The van der Waals surface area contributed by atoms with Crippen molar-refractivity contribution in [2.45, 2.75) is 38.5 Å². The van der Waals surface area contributed by atoms with Gasteiger partial charge in [0.1, 0.15) is 0 Å². The zero-order chi connectivity index (χ0) is 16.5. The summed E-state index contributed by atoms with van der Waals surface area (Å²) in [6.45, 7) is 8.08. The van der Waals surface area contributed by atoms with Crippen molar-refractivity contribution in [2.75, 3.05) is 0 Å². The first-order chi connectivity index (χ1) is 10.2. The molecule has 0 spiro atoms. The summed E-state index contributed by atoms with van der Waals surface area (Å²) in [4.78, 5) is 13.3. The maximum absolute atomic E-state index is 13.3. The molecule has 22 heavy (non-hydrogen) atoms. The van der Waals surface area contributed by atoms with Crippen LogP contribution in [0, 0.1) is 7.14 Å². The second-order valence-electron chi connectivity index (χ2n) is 6.59. The lowest BCUT2D eigenvalue weighted by molar-refractivity contribution is -0.128. The fourth-order valence-electron chi connectivity index (χ4n) is 2.78. The van der Waals surface area contributed by atoms with E-state index in [2.05, 4.69) is 93.7 Å². The van der Waals surface area contributed by atoms with Crippen molar-refractivity contribution in [2.24, 2.45) is 0 Å². The molecule has 0 unspecified atom stereocenters. The summed E-state index contributed by atoms with van der Waals surface area (Å²) in [6.07, 6.45) is 0. The highest BCUT2D eigenvalue weighted by Gasteiger charge is 2.41. The Morgan fingerprint density at radius 1 is 0.682 bits per heavy atom. The van der Waals surface area contributed by atoms with Crippen molar-refractivity contribution in [3.8, 4) is 0 Å². The van der Waals surface area contributed by atoms with Gasteiger partial charge in [0.15, 0.2) is 5.78 Å². The molecule has 0 aromatic heterocycles. The number of ketones is 1. The first kappa shape index (κ1) is 17.9. The van der Waals surface area contributed by atoms with Gasteiger partial charge in [-0.25, -0.2) is 0 Å². The Morgan fingerprint density at radius 3 is 1.23 bits per heavy atom. The number of carbonyl (C=O) groups excluding carboxylic acids is 1. The molecular formula is C19H20I2O. The highest BCUT2D eigenvalue weighted by molar-refractivity contribution is 14.1. The lowest BCUT2D eigenvalue weighted by Gasteiger charge is -2.34. The zero-order valence-electron chi connectivity index (χ0n) is 13.3. The topological polar surface area (TPSA) is 17.1 Å². The highest BCUT2D eigenvalue weighted by atomic mass is 127. The Labute approximate surface area is 160 Å². The Balaban J connectivity index is 2.39. The van der Waals surface area contributed by atoms with Gasteiger partial charge < -0.3 is 0 Å². The van der Waals surface area contributed by atoms with E-state index in [-0.39, 0.29) is 5.78 Å². The van der Waals surface area contributed by atoms with Crippen molar-refractivity contribution in [3.05, 3.63) is 66.8 Å². The zero-order valence-corrected chi connectivity index (χ0v) is 17.6. The largest absolute Gasteiger partial charge is 0.298 e. The molecular weight excluding hydrogens is 498 g/mol. The number of benzene rings is 2. The molecule has 0 heterocycles. The molecule has 2 aromatic rings. The Kier molecular flexibility index (Phi) is 5.37. The molecule has 0 saturated heterocycles. The van der Waals surface area contributed by atoms with E-state index in [1.165, 1.54) is 7.14 Å². The minimum Gasteiger partial charge on any atom is -0.298 e. The number of hydrogen-bond acceptors (Lipinski definition) is 1. The number of hydrogen-bond donors (Lipinski definition) is 0. The molecule has 0 aliphatic heterocycles. The third kappa shape index (κ3) is 3.55. The van der Waals surface area contributed by atoms with Gasteiger partial charge in [0.25, 0.3) is 0 Å². The summed E-state index contributed by atoms with van der Waals surface area (Å²) in [5.41, 5.74) is 1.10. The molecule has 2 rings (SSSR count). The van der Waals surface area contributed by atoms with Crippen molar-refractivity contribution in [1.82, 2.24) is 0 Å². The SMILES string of the molecule is CC(C)(C(=O)C(C)(C)c1ccc(I)cc1)c1ccc(I)cc1. The van der Waals surface area contributed by atoms with Gasteiger partial charge in [-0.3, -0.25) is 4.79 Å². The van der Waals surface area contributed by atoms with Crippen LogP contribution in [0.2, 0.25) is 0 Å². The van der Waals surface area contributed by atoms with Crippen molar-refractivity contribution in [3.63, 3.8) is 0 Å². The Bertz CT molecular complexity index is 608. The first-order valence-electron chi connectivity index (χ1n) is 7.22. The van der Waals surface area contributed by atoms with Gasteiger partial charge in [0, 0.05) is 18.0 Å². The van der Waals surface area contributed by atoms with Gasteiger partial charge in [-0.2, -0.15) is 0 Å². The average molecular weight is 518 g/mol. The lowest BCUT2D eigenvalue weighted by Crippen LogP contribution is -2.42. The van der Waals surface area contributed by atoms with Gasteiger partial charge in [-0.05, 0) is 108 Å². The maximum atomic E-state index is 13.3. The number of carbonyl (C=O) groups is 1. The summed E-state index contributed by atoms with van der Waals surface area (Å²) in [5, 5.41) is 0. The van der Waals surface area contributed by atoms with Gasteiger partial charge in [0.2, 0.25) is 0 Å². The number of rotatable bonds is 4. The van der Waals surface area contributed by atoms with Gasteiger partial charge in [0.05, 0.1) is 0 Å². The molecule has 0 saturated carbocycles. The van der Waals surface area contributed by atoms with Crippen molar-refractivity contribution >= 4 is 51.0 Å². The second-order valence-corrected chi connectivity index (χ2v) is 9.08. The molecule has 3 heteroatoms. The van der Waals surface area contributed by atoms with Crippen molar-refractivity contribution in [1.29, 1.82) is 0 Å². The van der Waals surface area contributed by atoms with E-state index in [9.17, 15) is 4.79 Å². The van der Waals surface area contributed by atoms with Crippen LogP contribution in [0.4, 0.5) is 0 Å². The van der Waals surface area contributed by atoms with Crippen LogP contribution in [0.3, 0.4) is 0 Å². The molecule has 0 amide bonds. The van der Waals surface area contributed by atoms with E-state index in [4.69, 9.17) is 0 Å². The van der Waals surface area contributed by atoms with E-state index in [0.717, 1.165) is 11.1 Å². The third-order valence-electron chi connectivity index (χ3n) is 4.27. The summed E-state index contributed by atoms with van der Waals surface area (Å²) in [7, 11) is 0. The van der Waals surface area contributed by atoms with Crippen LogP contribution in [0.25, 0.3) is 0 Å². The molecule has 0 N–H and O–H groups in total. The van der Waals surface area contributed by atoms with E-state index >= 15 is 0 Å². The van der Waals surface area contributed by atoms with E-state index in [0.29, 0.717) is 0 Å². The summed E-state index contributed by atoms with van der Waals surface area (Å²) in [5.74, 6) is 0.238.